The summed E-state index contributed by atoms with van der Waals surface area (Å²) >= 11 is 5.83. The van der Waals surface area contributed by atoms with Gasteiger partial charge in [-0.15, -0.1) is 0 Å². The highest BCUT2D eigenvalue weighted by Gasteiger charge is 2.12. The van der Waals surface area contributed by atoms with Crippen LogP contribution in [0.25, 0.3) is 0 Å². The molecule has 2 aromatic rings. The Morgan fingerprint density at radius 2 is 1.77 bits per heavy atom. The Kier molecular flexibility index (Phi) is 4.49. The Morgan fingerprint density at radius 3 is 2.55 bits per heavy atom. The molecule has 1 aliphatic rings. The minimum Gasteiger partial charge on any atom is -0.490 e. The Labute approximate surface area is 134 Å². The zero-order valence-electron chi connectivity index (χ0n) is 12.0. The van der Waals surface area contributed by atoms with E-state index in [0.717, 1.165) is 12.0 Å². The van der Waals surface area contributed by atoms with Crippen molar-refractivity contribution in [1.29, 1.82) is 0 Å². The smallest absolute Gasteiger partial charge is 0.228 e. The lowest BCUT2D eigenvalue weighted by molar-refractivity contribution is -0.115. The first-order chi connectivity index (χ1) is 10.7. The molecule has 4 nitrogen and oxygen atoms in total. The summed E-state index contributed by atoms with van der Waals surface area (Å²) in [6, 6.07) is 12.7. The zero-order chi connectivity index (χ0) is 15.4. The van der Waals surface area contributed by atoms with Crippen molar-refractivity contribution in [2.75, 3.05) is 18.5 Å². The van der Waals surface area contributed by atoms with E-state index in [1.165, 1.54) is 0 Å². The molecule has 0 saturated heterocycles. The maximum atomic E-state index is 12.1. The van der Waals surface area contributed by atoms with Crippen LogP contribution in [0.1, 0.15) is 12.0 Å². The fourth-order valence-electron chi connectivity index (χ4n) is 2.23. The van der Waals surface area contributed by atoms with E-state index >= 15 is 0 Å². The largest absolute Gasteiger partial charge is 0.490 e. The van der Waals surface area contributed by atoms with E-state index in [9.17, 15) is 4.79 Å². The summed E-state index contributed by atoms with van der Waals surface area (Å²) in [4.78, 5) is 12.1. The summed E-state index contributed by atoms with van der Waals surface area (Å²) in [6.45, 7) is 1.27. The van der Waals surface area contributed by atoms with Crippen molar-refractivity contribution >= 4 is 23.2 Å². The quantitative estimate of drug-likeness (QED) is 0.939. The van der Waals surface area contributed by atoms with Crippen molar-refractivity contribution in [1.82, 2.24) is 0 Å². The molecule has 22 heavy (non-hydrogen) atoms. The van der Waals surface area contributed by atoms with Gasteiger partial charge in [-0.1, -0.05) is 23.7 Å². The number of carbonyl (C=O) groups is 1. The summed E-state index contributed by atoms with van der Waals surface area (Å²) in [5.41, 5.74) is 1.61. The van der Waals surface area contributed by atoms with Crippen LogP contribution in [0.15, 0.2) is 42.5 Å². The van der Waals surface area contributed by atoms with Crippen LogP contribution in [0.5, 0.6) is 11.5 Å². The average Bonchev–Trinajstić information content (AvgIpc) is 2.74. The van der Waals surface area contributed by atoms with E-state index in [-0.39, 0.29) is 5.91 Å². The lowest BCUT2D eigenvalue weighted by atomic mass is 10.1. The molecule has 3 rings (SSSR count). The Morgan fingerprint density at radius 1 is 1.05 bits per heavy atom. The first kappa shape index (κ1) is 14.7. The number of hydrogen-bond donors (Lipinski definition) is 1. The van der Waals surface area contributed by atoms with E-state index in [1.54, 1.807) is 18.2 Å². The SMILES string of the molecule is O=C(Cc1ccc(Cl)cc1)Nc1ccc2c(c1)OCCCO2. The Bertz CT molecular complexity index is 670. The van der Waals surface area contributed by atoms with Gasteiger partial charge in [-0.25, -0.2) is 0 Å². The maximum Gasteiger partial charge on any atom is 0.228 e. The molecule has 0 aromatic heterocycles. The van der Waals surface area contributed by atoms with Gasteiger partial charge in [-0.3, -0.25) is 4.79 Å². The number of ether oxygens (including phenoxy) is 2. The van der Waals surface area contributed by atoms with Crippen molar-refractivity contribution in [2.45, 2.75) is 12.8 Å². The molecule has 0 saturated carbocycles. The van der Waals surface area contributed by atoms with Gasteiger partial charge in [-0.2, -0.15) is 0 Å². The average molecular weight is 318 g/mol. The van der Waals surface area contributed by atoms with E-state index in [4.69, 9.17) is 21.1 Å². The van der Waals surface area contributed by atoms with Crippen molar-refractivity contribution in [3.05, 3.63) is 53.1 Å². The van der Waals surface area contributed by atoms with Gasteiger partial charge in [-0.05, 0) is 29.8 Å². The molecular formula is C17H16ClNO3. The van der Waals surface area contributed by atoms with Gasteiger partial charge in [0.05, 0.1) is 19.6 Å². The lowest BCUT2D eigenvalue weighted by Crippen LogP contribution is -2.14. The highest BCUT2D eigenvalue weighted by molar-refractivity contribution is 6.30. The van der Waals surface area contributed by atoms with E-state index in [0.29, 0.717) is 41.8 Å². The fourth-order valence-corrected chi connectivity index (χ4v) is 2.36. The van der Waals surface area contributed by atoms with Gasteiger partial charge in [0.25, 0.3) is 0 Å². The minimum atomic E-state index is -0.0863. The van der Waals surface area contributed by atoms with Crippen molar-refractivity contribution < 1.29 is 14.3 Å². The first-order valence-corrected chi connectivity index (χ1v) is 7.52. The van der Waals surface area contributed by atoms with Crippen molar-refractivity contribution in [3.8, 4) is 11.5 Å². The molecule has 0 atom stereocenters. The topological polar surface area (TPSA) is 47.6 Å². The fraction of sp³-hybridized carbons (Fsp3) is 0.235. The standard InChI is InChI=1S/C17H16ClNO3/c18-13-4-2-12(3-5-13)10-17(20)19-14-6-7-15-16(11-14)22-9-1-8-21-15/h2-7,11H,1,8-10H2,(H,19,20). The van der Waals surface area contributed by atoms with Crippen LogP contribution in [-0.2, 0) is 11.2 Å². The normalized spacial score (nSPS) is 13.3. The molecule has 2 aromatic carbocycles. The Balaban J connectivity index is 1.66. The molecule has 0 spiro atoms. The van der Waals surface area contributed by atoms with Crippen LogP contribution in [0.4, 0.5) is 5.69 Å². The molecule has 1 heterocycles. The van der Waals surface area contributed by atoms with Gasteiger partial charge in [0, 0.05) is 23.2 Å². The second-order valence-corrected chi connectivity index (χ2v) is 5.50. The summed E-state index contributed by atoms with van der Waals surface area (Å²) in [6.07, 6.45) is 1.15. The molecule has 1 aliphatic heterocycles. The predicted molar refractivity (Wildman–Crippen MR) is 85.8 cm³/mol. The number of hydrogen-bond acceptors (Lipinski definition) is 3. The van der Waals surface area contributed by atoms with E-state index in [1.807, 2.05) is 24.3 Å². The molecule has 0 radical (unpaired) electrons. The van der Waals surface area contributed by atoms with Crippen LogP contribution in [0.3, 0.4) is 0 Å². The zero-order valence-corrected chi connectivity index (χ0v) is 12.7. The number of carbonyl (C=O) groups excluding carboxylic acids is 1. The van der Waals surface area contributed by atoms with Crippen molar-refractivity contribution in [2.24, 2.45) is 0 Å². The number of anilines is 1. The molecule has 114 valence electrons. The maximum absolute atomic E-state index is 12.1. The molecular weight excluding hydrogens is 302 g/mol. The predicted octanol–water partition coefficient (Wildman–Crippen LogP) is 3.68. The third-order valence-corrected chi connectivity index (χ3v) is 3.56. The Hall–Kier alpha value is -2.20. The molecule has 1 N–H and O–H groups in total. The van der Waals surface area contributed by atoms with Crippen LogP contribution >= 0.6 is 11.6 Å². The molecule has 0 fully saturated rings. The summed E-state index contributed by atoms with van der Waals surface area (Å²) in [5.74, 6) is 1.30. The van der Waals surface area contributed by atoms with Gasteiger partial charge in [0.1, 0.15) is 0 Å². The van der Waals surface area contributed by atoms with Gasteiger partial charge in [0.15, 0.2) is 11.5 Å². The van der Waals surface area contributed by atoms with Crippen LogP contribution in [-0.4, -0.2) is 19.1 Å². The highest BCUT2D eigenvalue weighted by atomic mass is 35.5. The third kappa shape index (κ3) is 3.71. The lowest BCUT2D eigenvalue weighted by Gasteiger charge is -2.10. The van der Waals surface area contributed by atoms with E-state index in [2.05, 4.69) is 5.32 Å². The second-order valence-electron chi connectivity index (χ2n) is 5.06. The summed E-state index contributed by atoms with van der Waals surface area (Å²) in [7, 11) is 0. The number of nitrogens with one attached hydrogen (secondary N) is 1. The molecule has 0 bridgehead atoms. The van der Waals surface area contributed by atoms with Gasteiger partial charge < -0.3 is 14.8 Å². The molecule has 5 heteroatoms. The molecule has 1 amide bonds. The van der Waals surface area contributed by atoms with Crippen LogP contribution in [0.2, 0.25) is 5.02 Å². The number of benzene rings is 2. The number of amides is 1. The first-order valence-electron chi connectivity index (χ1n) is 7.15. The monoisotopic (exact) mass is 317 g/mol. The number of halogens is 1. The number of rotatable bonds is 3. The van der Waals surface area contributed by atoms with E-state index < -0.39 is 0 Å². The van der Waals surface area contributed by atoms with Crippen LogP contribution in [0, 0.1) is 0 Å². The van der Waals surface area contributed by atoms with Crippen molar-refractivity contribution in [3.63, 3.8) is 0 Å². The highest BCUT2D eigenvalue weighted by Crippen LogP contribution is 2.32. The minimum absolute atomic E-state index is 0.0863. The number of fused-ring (bicyclic) bond motifs is 1. The van der Waals surface area contributed by atoms with Gasteiger partial charge >= 0.3 is 0 Å². The summed E-state index contributed by atoms with van der Waals surface area (Å²) in [5, 5.41) is 3.53. The molecule has 0 unspecified atom stereocenters. The van der Waals surface area contributed by atoms with Crippen LogP contribution < -0.4 is 14.8 Å². The third-order valence-electron chi connectivity index (χ3n) is 3.31. The van der Waals surface area contributed by atoms with Gasteiger partial charge in [0.2, 0.25) is 5.91 Å². The summed E-state index contributed by atoms with van der Waals surface area (Å²) < 4.78 is 11.2. The molecule has 0 aliphatic carbocycles. The second kappa shape index (κ2) is 6.71.